The smallest absolute Gasteiger partial charge is 0.303 e. The highest BCUT2D eigenvalue weighted by Gasteiger charge is 2.65. The fraction of sp³-hybridized carbons (Fsp3) is 0.917. The van der Waals surface area contributed by atoms with Crippen molar-refractivity contribution >= 4 is 11.8 Å². The van der Waals surface area contributed by atoms with Gasteiger partial charge in [-0.25, -0.2) is 0 Å². The molecule has 4 saturated carbocycles. The molecule has 0 saturated heterocycles. The zero-order chi connectivity index (χ0) is 21.1. The monoisotopic (exact) mass is 406 g/mol. The Balaban J connectivity index is 1.62. The fourth-order valence-corrected chi connectivity index (χ4v) is 8.40. The van der Waals surface area contributed by atoms with Crippen LogP contribution in [0.3, 0.4) is 0 Å². The first-order valence-corrected chi connectivity index (χ1v) is 11.7. The lowest BCUT2D eigenvalue weighted by Gasteiger charge is -2.61. The number of fused-ring (bicyclic) bond motifs is 5. The molecule has 3 N–H and O–H groups in total. The van der Waals surface area contributed by atoms with E-state index in [2.05, 4.69) is 20.8 Å². The number of carbonyl (C=O) groups is 2. The summed E-state index contributed by atoms with van der Waals surface area (Å²) in [4.78, 5) is 24.4. The maximum atomic E-state index is 13.4. The highest BCUT2D eigenvalue weighted by Crippen LogP contribution is 2.67. The van der Waals surface area contributed by atoms with Gasteiger partial charge >= 0.3 is 5.97 Å². The predicted octanol–water partition coefficient (Wildman–Crippen LogP) is 3.66. The van der Waals surface area contributed by atoms with Crippen molar-refractivity contribution in [2.75, 3.05) is 0 Å². The van der Waals surface area contributed by atoms with Crippen LogP contribution in [0.2, 0.25) is 0 Å². The van der Waals surface area contributed by atoms with Crippen LogP contribution < -0.4 is 0 Å². The second kappa shape index (κ2) is 7.33. The lowest BCUT2D eigenvalue weighted by molar-refractivity contribution is -0.182. The lowest BCUT2D eigenvalue weighted by atomic mass is 9.43. The molecule has 4 aliphatic rings. The van der Waals surface area contributed by atoms with Crippen molar-refractivity contribution in [2.24, 2.45) is 46.3 Å². The number of ketones is 1. The minimum absolute atomic E-state index is 0.0246. The van der Waals surface area contributed by atoms with Crippen LogP contribution in [-0.4, -0.2) is 39.3 Å². The maximum Gasteiger partial charge on any atom is 0.303 e. The number of aliphatic hydroxyl groups is 2. The second-order valence-electron chi connectivity index (χ2n) is 11.3. The van der Waals surface area contributed by atoms with E-state index in [0.29, 0.717) is 25.0 Å². The largest absolute Gasteiger partial charge is 0.481 e. The number of hydrogen-bond acceptors (Lipinski definition) is 4. The lowest BCUT2D eigenvalue weighted by Crippen LogP contribution is -2.61. The molecule has 4 rings (SSSR count). The summed E-state index contributed by atoms with van der Waals surface area (Å²) in [7, 11) is 0. The first kappa shape index (κ1) is 21.3. The molecule has 0 spiro atoms. The molecule has 0 aromatic heterocycles. The normalized spacial score (nSPS) is 50.4. The van der Waals surface area contributed by atoms with Gasteiger partial charge in [-0.1, -0.05) is 20.8 Å². The Kier molecular flexibility index (Phi) is 5.39. The molecule has 0 aromatic rings. The molecule has 0 heterocycles. The first-order valence-electron chi connectivity index (χ1n) is 11.7. The number of carbonyl (C=O) groups excluding carboxylic acids is 1. The quantitative estimate of drug-likeness (QED) is 0.662. The molecule has 5 nitrogen and oxygen atoms in total. The van der Waals surface area contributed by atoms with Gasteiger partial charge in [-0.3, -0.25) is 9.59 Å². The van der Waals surface area contributed by atoms with Gasteiger partial charge in [-0.15, -0.1) is 0 Å². The predicted molar refractivity (Wildman–Crippen MR) is 109 cm³/mol. The van der Waals surface area contributed by atoms with Gasteiger partial charge < -0.3 is 15.3 Å². The van der Waals surface area contributed by atoms with Gasteiger partial charge in [-0.05, 0) is 80.0 Å². The van der Waals surface area contributed by atoms with E-state index < -0.39 is 12.1 Å². The van der Waals surface area contributed by atoms with Crippen LogP contribution in [0.4, 0.5) is 0 Å². The van der Waals surface area contributed by atoms with Crippen LogP contribution in [0.15, 0.2) is 0 Å². The summed E-state index contributed by atoms with van der Waals surface area (Å²) in [5.41, 5.74) is -0.265. The summed E-state index contributed by atoms with van der Waals surface area (Å²) in [5, 5.41) is 30.7. The summed E-state index contributed by atoms with van der Waals surface area (Å²) in [6.45, 7) is 6.62. The second-order valence-corrected chi connectivity index (χ2v) is 11.3. The number of carboxylic acids is 1. The molecule has 0 bridgehead atoms. The van der Waals surface area contributed by atoms with Gasteiger partial charge in [0, 0.05) is 24.2 Å². The average Bonchev–Trinajstić information content (AvgIpc) is 3.01. The van der Waals surface area contributed by atoms with Gasteiger partial charge in [0.15, 0.2) is 0 Å². The third kappa shape index (κ3) is 3.18. The minimum atomic E-state index is -0.762. The van der Waals surface area contributed by atoms with Gasteiger partial charge in [0.25, 0.3) is 0 Å². The summed E-state index contributed by atoms with van der Waals surface area (Å²) < 4.78 is 0. The van der Waals surface area contributed by atoms with Crippen molar-refractivity contribution in [3.8, 4) is 0 Å². The molecule has 0 aromatic carbocycles. The van der Waals surface area contributed by atoms with Crippen molar-refractivity contribution in [2.45, 2.75) is 90.8 Å². The van der Waals surface area contributed by atoms with E-state index >= 15 is 0 Å². The van der Waals surface area contributed by atoms with Gasteiger partial charge in [0.05, 0.1) is 12.2 Å². The van der Waals surface area contributed by atoms with Gasteiger partial charge in [-0.2, -0.15) is 0 Å². The van der Waals surface area contributed by atoms with Crippen molar-refractivity contribution in [3.63, 3.8) is 0 Å². The van der Waals surface area contributed by atoms with Crippen molar-refractivity contribution in [1.29, 1.82) is 0 Å². The standard InChI is InChI=1S/C24H38O5/c1-13(4-7-21(28)29)16-5-6-17-22-18(12-20(27)24(16,17)3)23(2)9-8-15(25)10-14(23)11-19(22)26/h13-18,20,22,25,27H,4-12H2,1-3H3,(H,28,29)/t13-,14+,15-,16?,17+,18+,20+,22+,23+,24-/m1/s1. The molecule has 0 aliphatic heterocycles. The van der Waals surface area contributed by atoms with E-state index in [9.17, 15) is 19.8 Å². The van der Waals surface area contributed by atoms with Crippen LogP contribution >= 0.6 is 0 Å². The van der Waals surface area contributed by atoms with E-state index in [1.54, 1.807) is 0 Å². The van der Waals surface area contributed by atoms with Crippen LogP contribution in [0, 0.1) is 46.3 Å². The molecule has 0 radical (unpaired) electrons. The van der Waals surface area contributed by atoms with E-state index in [4.69, 9.17) is 5.11 Å². The van der Waals surface area contributed by atoms with E-state index in [1.807, 2.05) is 0 Å². The van der Waals surface area contributed by atoms with Crippen LogP contribution in [0.25, 0.3) is 0 Å². The third-order valence-corrected chi connectivity index (χ3v) is 10.1. The summed E-state index contributed by atoms with van der Waals surface area (Å²) in [5.74, 6) is 0.775. The highest BCUT2D eigenvalue weighted by molar-refractivity contribution is 5.83. The fourth-order valence-electron chi connectivity index (χ4n) is 8.40. The molecule has 5 heteroatoms. The highest BCUT2D eigenvalue weighted by atomic mass is 16.4. The first-order chi connectivity index (χ1) is 13.6. The maximum absolute atomic E-state index is 13.4. The number of Topliss-reactive ketones (excluding diaryl/α,β-unsaturated/α-hetero) is 1. The molecule has 4 fully saturated rings. The SMILES string of the molecule is C[C@H](CCC(=O)O)C1CC[C@H]2[C@@H]3C(=O)C[C@@H]4C[C@H](O)CC[C@]4(C)[C@H]3C[C@H](O)[C@]12C. The van der Waals surface area contributed by atoms with E-state index in [0.717, 1.165) is 32.1 Å². The molecule has 164 valence electrons. The Morgan fingerprint density at radius 3 is 2.55 bits per heavy atom. The van der Waals surface area contributed by atoms with Gasteiger partial charge in [0.1, 0.15) is 5.78 Å². The number of carboxylic acid groups (broad SMARTS) is 1. The van der Waals surface area contributed by atoms with Crippen molar-refractivity contribution in [3.05, 3.63) is 0 Å². The third-order valence-electron chi connectivity index (χ3n) is 10.1. The molecule has 10 atom stereocenters. The Morgan fingerprint density at radius 2 is 1.86 bits per heavy atom. The Morgan fingerprint density at radius 1 is 1.14 bits per heavy atom. The number of aliphatic carboxylic acids is 1. The Labute approximate surface area is 174 Å². The summed E-state index contributed by atoms with van der Waals surface area (Å²) >= 11 is 0. The average molecular weight is 407 g/mol. The minimum Gasteiger partial charge on any atom is -0.481 e. The number of hydrogen-bond donors (Lipinski definition) is 3. The number of rotatable bonds is 4. The van der Waals surface area contributed by atoms with Crippen LogP contribution in [-0.2, 0) is 9.59 Å². The number of aliphatic hydroxyl groups excluding tert-OH is 2. The molecule has 29 heavy (non-hydrogen) atoms. The molecular weight excluding hydrogens is 368 g/mol. The molecule has 4 aliphatic carbocycles. The summed E-state index contributed by atoms with van der Waals surface area (Å²) in [6.07, 6.45) is 5.74. The van der Waals surface area contributed by atoms with Crippen molar-refractivity contribution in [1.82, 2.24) is 0 Å². The van der Waals surface area contributed by atoms with E-state index in [-0.39, 0.29) is 58.9 Å². The molecule has 1 unspecified atom stereocenters. The molecular formula is C24H38O5. The van der Waals surface area contributed by atoms with Crippen molar-refractivity contribution < 1.29 is 24.9 Å². The van der Waals surface area contributed by atoms with E-state index in [1.165, 1.54) is 0 Å². The Bertz CT molecular complexity index is 676. The van der Waals surface area contributed by atoms with Gasteiger partial charge in [0.2, 0.25) is 0 Å². The zero-order valence-electron chi connectivity index (χ0n) is 18.1. The topological polar surface area (TPSA) is 94.8 Å². The Hall–Kier alpha value is -0.940. The molecule has 0 amide bonds. The summed E-state index contributed by atoms with van der Waals surface area (Å²) in [6, 6.07) is 0. The van der Waals surface area contributed by atoms with Crippen LogP contribution in [0.1, 0.15) is 78.6 Å². The van der Waals surface area contributed by atoms with Crippen LogP contribution in [0.5, 0.6) is 0 Å². The zero-order valence-corrected chi connectivity index (χ0v) is 18.1.